The molecule has 3 nitrogen and oxygen atoms in total. The summed E-state index contributed by atoms with van der Waals surface area (Å²) in [6.45, 7) is 4.76. The van der Waals surface area contributed by atoms with Crippen LogP contribution in [0.2, 0.25) is 0 Å². The maximum Gasteiger partial charge on any atom is 0.243 e. The van der Waals surface area contributed by atoms with Crippen molar-refractivity contribution in [3.8, 4) is 0 Å². The number of nitrogens with two attached hydrogens (primary N) is 1. The van der Waals surface area contributed by atoms with Crippen molar-refractivity contribution in [2.24, 2.45) is 5.73 Å². The monoisotopic (exact) mass is 142 g/mol. The maximum absolute atomic E-state index is 10.3. The Labute approximate surface area is 61.3 Å². The zero-order valence-electron chi connectivity index (χ0n) is 6.48. The second kappa shape index (κ2) is 4.85. The van der Waals surface area contributed by atoms with Crippen molar-refractivity contribution < 1.29 is 4.79 Å². The topological polar surface area (TPSA) is 55.1 Å². The highest BCUT2D eigenvalue weighted by Gasteiger charge is 1.88. The predicted octanol–water partition coefficient (Wildman–Crippen LogP) is 0.375. The molecule has 0 rings (SSSR count). The van der Waals surface area contributed by atoms with E-state index < -0.39 is 5.91 Å². The third-order valence-corrected chi connectivity index (χ3v) is 1.01. The normalized spacial score (nSPS) is 11.2. The lowest BCUT2D eigenvalue weighted by atomic mass is 10.4. The first-order valence-corrected chi connectivity index (χ1v) is 3.38. The minimum absolute atomic E-state index is 0.402. The quantitative estimate of drug-likeness (QED) is 0.557. The molecule has 10 heavy (non-hydrogen) atoms. The number of amides is 1. The molecule has 0 atom stereocenters. The van der Waals surface area contributed by atoms with E-state index in [1.54, 1.807) is 0 Å². The van der Waals surface area contributed by atoms with Gasteiger partial charge in [0.1, 0.15) is 0 Å². The van der Waals surface area contributed by atoms with E-state index in [0.717, 1.165) is 18.7 Å². The van der Waals surface area contributed by atoms with E-state index in [1.165, 1.54) is 6.08 Å². The van der Waals surface area contributed by atoms with Crippen LogP contribution in [-0.2, 0) is 4.79 Å². The summed E-state index contributed by atoms with van der Waals surface area (Å²) in [4.78, 5) is 10.3. The highest BCUT2D eigenvalue weighted by molar-refractivity contribution is 5.86. The molecule has 0 spiro atoms. The lowest BCUT2D eigenvalue weighted by molar-refractivity contribution is -0.113. The highest BCUT2D eigenvalue weighted by Crippen LogP contribution is 1.84. The van der Waals surface area contributed by atoms with Crippen LogP contribution < -0.4 is 11.1 Å². The van der Waals surface area contributed by atoms with E-state index in [0.29, 0.717) is 0 Å². The standard InChI is InChI=1S/C7H14N2O/c1-3-4-9-6(2)5-7(8)10/h5,9H,3-4H2,1-2H3,(H2,8,10)/b6-5-. The van der Waals surface area contributed by atoms with Crippen LogP contribution in [0.5, 0.6) is 0 Å². The SMILES string of the molecule is CCCN/C(C)=C\C(N)=O. The van der Waals surface area contributed by atoms with Gasteiger partial charge in [-0.3, -0.25) is 4.79 Å². The minimum atomic E-state index is -0.402. The van der Waals surface area contributed by atoms with Gasteiger partial charge in [-0.25, -0.2) is 0 Å². The second-order valence-electron chi connectivity index (χ2n) is 2.16. The maximum atomic E-state index is 10.3. The average Bonchev–Trinajstić information content (AvgIpc) is 1.82. The van der Waals surface area contributed by atoms with Crippen LogP contribution in [0.4, 0.5) is 0 Å². The van der Waals surface area contributed by atoms with E-state index in [9.17, 15) is 4.79 Å². The smallest absolute Gasteiger partial charge is 0.243 e. The van der Waals surface area contributed by atoms with E-state index in [2.05, 4.69) is 12.2 Å². The Balaban J connectivity index is 3.60. The summed E-state index contributed by atoms with van der Waals surface area (Å²) in [5.41, 5.74) is 5.74. The van der Waals surface area contributed by atoms with Gasteiger partial charge >= 0.3 is 0 Å². The van der Waals surface area contributed by atoms with Gasteiger partial charge < -0.3 is 11.1 Å². The molecule has 0 radical (unpaired) electrons. The van der Waals surface area contributed by atoms with Crippen LogP contribution in [0.3, 0.4) is 0 Å². The summed E-state index contributed by atoms with van der Waals surface area (Å²) in [7, 11) is 0. The largest absolute Gasteiger partial charge is 0.388 e. The number of allylic oxidation sites excluding steroid dienone is 1. The summed E-state index contributed by atoms with van der Waals surface area (Å²) in [5.74, 6) is -0.402. The van der Waals surface area contributed by atoms with Crippen LogP contribution in [-0.4, -0.2) is 12.5 Å². The first kappa shape index (κ1) is 9.01. The lowest BCUT2D eigenvalue weighted by Crippen LogP contribution is -2.15. The van der Waals surface area contributed by atoms with Crippen molar-refractivity contribution in [3.63, 3.8) is 0 Å². The summed E-state index contributed by atoms with van der Waals surface area (Å²) >= 11 is 0. The minimum Gasteiger partial charge on any atom is -0.388 e. The number of hydrogen-bond donors (Lipinski definition) is 2. The number of nitrogens with one attached hydrogen (secondary N) is 1. The van der Waals surface area contributed by atoms with Crippen molar-refractivity contribution in [1.82, 2.24) is 5.32 Å². The van der Waals surface area contributed by atoms with Crippen LogP contribution in [0.1, 0.15) is 20.3 Å². The van der Waals surface area contributed by atoms with Crippen molar-refractivity contribution in [1.29, 1.82) is 0 Å². The van der Waals surface area contributed by atoms with Gasteiger partial charge in [-0.2, -0.15) is 0 Å². The van der Waals surface area contributed by atoms with Gasteiger partial charge in [-0.15, -0.1) is 0 Å². The number of primary amides is 1. The Hall–Kier alpha value is -0.990. The van der Waals surface area contributed by atoms with Gasteiger partial charge in [0.15, 0.2) is 0 Å². The molecule has 0 aliphatic heterocycles. The van der Waals surface area contributed by atoms with Crippen LogP contribution in [0, 0.1) is 0 Å². The Bertz CT molecular complexity index is 141. The Morgan fingerprint density at radius 2 is 2.30 bits per heavy atom. The summed E-state index contributed by atoms with van der Waals surface area (Å²) in [6.07, 6.45) is 2.43. The third-order valence-electron chi connectivity index (χ3n) is 1.01. The molecule has 0 fully saturated rings. The van der Waals surface area contributed by atoms with Gasteiger partial charge in [-0.05, 0) is 13.3 Å². The van der Waals surface area contributed by atoms with Crippen molar-refractivity contribution in [2.45, 2.75) is 20.3 Å². The molecule has 0 aliphatic rings. The number of rotatable bonds is 4. The van der Waals surface area contributed by atoms with Crippen molar-refractivity contribution >= 4 is 5.91 Å². The fraction of sp³-hybridized carbons (Fsp3) is 0.571. The molecule has 0 aromatic heterocycles. The van der Waals surface area contributed by atoms with Gasteiger partial charge in [0.2, 0.25) is 5.91 Å². The van der Waals surface area contributed by atoms with Crippen molar-refractivity contribution in [3.05, 3.63) is 11.8 Å². The number of carbonyl (C=O) groups excluding carboxylic acids is 1. The molecule has 0 aliphatic carbocycles. The summed E-state index contributed by atoms with van der Waals surface area (Å²) in [6, 6.07) is 0. The van der Waals surface area contributed by atoms with Crippen LogP contribution in [0.25, 0.3) is 0 Å². The predicted molar refractivity (Wildman–Crippen MR) is 41.2 cm³/mol. The summed E-state index contributed by atoms with van der Waals surface area (Å²) in [5, 5.41) is 3.02. The molecule has 3 N–H and O–H groups in total. The molecule has 0 heterocycles. The van der Waals surface area contributed by atoms with Gasteiger partial charge in [0, 0.05) is 18.3 Å². The van der Waals surface area contributed by atoms with E-state index in [-0.39, 0.29) is 0 Å². The lowest BCUT2D eigenvalue weighted by Gasteiger charge is -2.01. The fourth-order valence-corrected chi connectivity index (χ4v) is 0.587. The van der Waals surface area contributed by atoms with Gasteiger partial charge in [0.25, 0.3) is 0 Å². The van der Waals surface area contributed by atoms with Crippen molar-refractivity contribution in [2.75, 3.05) is 6.54 Å². The molecule has 0 aromatic rings. The molecule has 0 saturated heterocycles. The zero-order valence-corrected chi connectivity index (χ0v) is 6.48. The molecular weight excluding hydrogens is 128 g/mol. The van der Waals surface area contributed by atoms with Gasteiger partial charge in [0.05, 0.1) is 0 Å². The third kappa shape index (κ3) is 5.15. The highest BCUT2D eigenvalue weighted by atomic mass is 16.1. The molecule has 0 aromatic carbocycles. The number of hydrogen-bond acceptors (Lipinski definition) is 2. The van der Waals surface area contributed by atoms with E-state index >= 15 is 0 Å². The Morgan fingerprint density at radius 3 is 2.70 bits per heavy atom. The summed E-state index contributed by atoms with van der Waals surface area (Å²) < 4.78 is 0. The Morgan fingerprint density at radius 1 is 1.70 bits per heavy atom. The number of carbonyl (C=O) groups is 1. The molecule has 1 amide bonds. The molecular formula is C7H14N2O. The fourth-order valence-electron chi connectivity index (χ4n) is 0.587. The molecule has 0 saturated carbocycles. The zero-order chi connectivity index (χ0) is 7.98. The van der Waals surface area contributed by atoms with Gasteiger partial charge in [-0.1, -0.05) is 6.92 Å². The Kier molecular flexibility index (Phi) is 4.37. The van der Waals surface area contributed by atoms with E-state index in [4.69, 9.17) is 5.73 Å². The first-order valence-electron chi connectivity index (χ1n) is 3.38. The molecule has 0 bridgehead atoms. The molecule has 0 unspecified atom stereocenters. The molecule has 3 heteroatoms. The van der Waals surface area contributed by atoms with Crippen LogP contribution in [0.15, 0.2) is 11.8 Å². The first-order chi connectivity index (χ1) is 4.66. The molecule has 58 valence electrons. The second-order valence-corrected chi connectivity index (χ2v) is 2.16. The van der Waals surface area contributed by atoms with E-state index in [1.807, 2.05) is 6.92 Å². The van der Waals surface area contributed by atoms with Crippen LogP contribution >= 0.6 is 0 Å². The average molecular weight is 142 g/mol.